The predicted octanol–water partition coefficient (Wildman–Crippen LogP) is 6.54. The highest BCUT2D eigenvalue weighted by atomic mass is 14.0. The Balaban J connectivity index is 4.44. The van der Waals surface area contributed by atoms with Crippen molar-refractivity contribution in [1.29, 1.82) is 0 Å². The fourth-order valence-electron chi connectivity index (χ4n) is 1.73. The molecule has 0 fully saturated rings. The summed E-state index contributed by atoms with van der Waals surface area (Å²) < 4.78 is 0. The highest BCUT2D eigenvalue weighted by molar-refractivity contribution is 5.41. The van der Waals surface area contributed by atoms with Crippen molar-refractivity contribution < 1.29 is 0 Å². The van der Waals surface area contributed by atoms with Crippen molar-refractivity contribution in [2.75, 3.05) is 0 Å². The Morgan fingerprint density at radius 2 is 1.63 bits per heavy atom. The van der Waals surface area contributed by atoms with E-state index in [9.17, 15) is 0 Å². The molecule has 0 aliphatic rings. The second-order valence-corrected chi connectivity index (χ2v) is 5.26. The lowest BCUT2D eigenvalue weighted by molar-refractivity contribution is 0.720. The van der Waals surface area contributed by atoms with Crippen LogP contribution in [0.3, 0.4) is 0 Å². The predicted molar refractivity (Wildman–Crippen MR) is 89.4 cm³/mol. The van der Waals surface area contributed by atoms with Gasteiger partial charge >= 0.3 is 0 Å². The maximum atomic E-state index is 4.15. The lowest BCUT2D eigenvalue weighted by Gasteiger charge is -2.04. The Morgan fingerprint density at radius 1 is 0.947 bits per heavy atom. The van der Waals surface area contributed by atoms with E-state index in [1.165, 1.54) is 36.0 Å². The molecule has 0 aromatic rings. The zero-order valence-corrected chi connectivity index (χ0v) is 13.3. The molecule has 0 N–H and O–H groups in total. The van der Waals surface area contributed by atoms with Crippen molar-refractivity contribution in [3.63, 3.8) is 0 Å². The van der Waals surface area contributed by atoms with E-state index < -0.39 is 0 Å². The summed E-state index contributed by atoms with van der Waals surface area (Å²) in [7, 11) is 0. The highest BCUT2D eigenvalue weighted by Crippen LogP contribution is 2.16. The molecule has 106 valence electrons. The van der Waals surface area contributed by atoms with Crippen LogP contribution >= 0.6 is 0 Å². The lowest BCUT2D eigenvalue weighted by atomic mass is 10.0. The average Bonchev–Trinajstić information content (AvgIpc) is 2.37. The summed E-state index contributed by atoms with van der Waals surface area (Å²) in [5.74, 6) is 0. The minimum absolute atomic E-state index is 1.01. The summed E-state index contributed by atoms with van der Waals surface area (Å²) in [6, 6.07) is 0. The molecule has 0 heteroatoms. The third kappa shape index (κ3) is 9.30. The fraction of sp³-hybridized carbons (Fsp3) is 0.474. The van der Waals surface area contributed by atoms with E-state index in [2.05, 4.69) is 65.2 Å². The Kier molecular flexibility index (Phi) is 9.88. The molecule has 0 radical (unpaired) electrons. The third-order valence-electron chi connectivity index (χ3n) is 3.03. The standard InChI is InChI=1S/C19H30/c1-7-9-10-11-17(5)13-14-18(6)19(8-2)15-12-16(3)4/h12-15H,5-11H2,1-4H3/b14-13-,19-15+. The molecule has 0 unspecified atom stereocenters. The number of hydrogen-bond donors (Lipinski definition) is 0. The van der Waals surface area contributed by atoms with Crippen molar-refractivity contribution in [1.82, 2.24) is 0 Å². The SMILES string of the molecule is C=C(/C=C\C(=C)/C(=C/C=C(C)C)CC)CCCCC. The second-order valence-electron chi connectivity index (χ2n) is 5.26. The summed E-state index contributed by atoms with van der Waals surface area (Å²) in [4.78, 5) is 0. The van der Waals surface area contributed by atoms with E-state index in [1.807, 2.05) is 0 Å². The molecule has 0 heterocycles. The van der Waals surface area contributed by atoms with E-state index in [0.29, 0.717) is 0 Å². The van der Waals surface area contributed by atoms with Crippen molar-refractivity contribution >= 4 is 0 Å². The van der Waals surface area contributed by atoms with Crippen LogP contribution in [0.1, 0.15) is 59.8 Å². The quantitative estimate of drug-likeness (QED) is 0.325. The molecule has 0 amide bonds. The Bertz CT molecular complexity index is 371. The first-order valence-electron chi connectivity index (χ1n) is 7.40. The molecular weight excluding hydrogens is 228 g/mol. The van der Waals surface area contributed by atoms with Crippen molar-refractivity contribution in [3.05, 3.63) is 59.8 Å². The lowest BCUT2D eigenvalue weighted by Crippen LogP contribution is -1.84. The van der Waals surface area contributed by atoms with Crippen LogP contribution in [-0.4, -0.2) is 0 Å². The number of hydrogen-bond acceptors (Lipinski definition) is 0. The number of unbranched alkanes of at least 4 members (excludes halogenated alkanes) is 2. The maximum Gasteiger partial charge on any atom is -0.0285 e. The second kappa shape index (κ2) is 10.6. The summed E-state index contributed by atoms with van der Waals surface area (Å²) in [5, 5.41) is 0. The molecule has 0 saturated carbocycles. The van der Waals surface area contributed by atoms with Gasteiger partial charge in [-0.3, -0.25) is 0 Å². The molecule has 0 atom stereocenters. The van der Waals surface area contributed by atoms with E-state index in [1.54, 1.807) is 0 Å². The van der Waals surface area contributed by atoms with Gasteiger partial charge in [-0.15, -0.1) is 0 Å². The highest BCUT2D eigenvalue weighted by Gasteiger charge is 1.96. The van der Waals surface area contributed by atoms with Crippen LogP contribution in [0.2, 0.25) is 0 Å². The molecule has 19 heavy (non-hydrogen) atoms. The maximum absolute atomic E-state index is 4.15. The Morgan fingerprint density at radius 3 is 2.16 bits per heavy atom. The summed E-state index contributed by atoms with van der Waals surface area (Å²) in [5.41, 5.74) is 4.90. The molecule has 0 aliphatic heterocycles. The van der Waals surface area contributed by atoms with Crippen LogP contribution in [-0.2, 0) is 0 Å². The Labute approximate surface area is 120 Å². The van der Waals surface area contributed by atoms with Gasteiger partial charge in [-0.2, -0.15) is 0 Å². The largest absolute Gasteiger partial charge is 0.0958 e. The summed E-state index contributed by atoms with van der Waals surface area (Å²) in [6.07, 6.45) is 14.4. The monoisotopic (exact) mass is 258 g/mol. The van der Waals surface area contributed by atoms with Crippen LogP contribution in [0.25, 0.3) is 0 Å². The van der Waals surface area contributed by atoms with E-state index in [0.717, 1.165) is 18.4 Å². The van der Waals surface area contributed by atoms with E-state index >= 15 is 0 Å². The molecule has 0 rings (SSSR count). The Hall–Kier alpha value is -1.30. The number of allylic oxidation sites excluding steroid dienone is 8. The van der Waals surface area contributed by atoms with Gasteiger partial charge in [0.1, 0.15) is 0 Å². The first kappa shape index (κ1) is 17.7. The smallest absolute Gasteiger partial charge is 0.0285 e. The number of rotatable bonds is 9. The minimum Gasteiger partial charge on any atom is -0.0958 e. The minimum atomic E-state index is 1.01. The molecule has 0 aromatic heterocycles. The van der Waals surface area contributed by atoms with Gasteiger partial charge in [0, 0.05) is 0 Å². The van der Waals surface area contributed by atoms with Crippen LogP contribution in [0.15, 0.2) is 59.8 Å². The van der Waals surface area contributed by atoms with Gasteiger partial charge in [0.05, 0.1) is 0 Å². The van der Waals surface area contributed by atoms with E-state index in [-0.39, 0.29) is 0 Å². The van der Waals surface area contributed by atoms with Crippen LogP contribution in [0.5, 0.6) is 0 Å². The first-order valence-corrected chi connectivity index (χ1v) is 7.40. The van der Waals surface area contributed by atoms with Crippen LogP contribution in [0, 0.1) is 0 Å². The van der Waals surface area contributed by atoms with Gasteiger partial charge in [0.15, 0.2) is 0 Å². The van der Waals surface area contributed by atoms with Crippen LogP contribution in [0.4, 0.5) is 0 Å². The molecular formula is C19H30. The van der Waals surface area contributed by atoms with Gasteiger partial charge in [-0.1, -0.05) is 75.3 Å². The summed E-state index contributed by atoms with van der Waals surface area (Å²) in [6.45, 7) is 16.9. The van der Waals surface area contributed by atoms with Gasteiger partial charge in [0.25, 0.3) is 0 Å². The molecule has 0 aliphatic carbocycles. The van der Waals surface area contributed by atoms with Crippen LogP contribution < -0.4 is 0 Å². The third-order valence-corrected chi connectivity index (χ3v) is 3.03. The molecule has 0 spiro atoms. The van der Waals surface area contributed by atoms with Gasteiger partial charge in [-0.25, -0.2) is 0 Å². The molecule has 0 nitrogen and oxygen atoms in total. The zero-order valence-electron chi connectivity index (χ0n) is 13.3. The normalized spacial score (nSPS) is 11.7. The molecule has 0 bridgehead atoms. The first-order chi connectivity index (χ1) is 9.01. The van der Waals surface area contributed by atoms with Crippen molar-refractivity contribution in [2.45, 2.75) is 59.8 Å². The zero-order chi connectivity index (χ0) is 14.7. The summed E-state index contributed by atoms with van der Waals surface area (Å²) >= 11 is 0. The van der Waals surface area contributed by atoms with Crippen molar-refractivity contribution in [3.8, 4) is 0 Å². The topological polar surface area (TPSA) is 0 Å². The van der Waals surface area contributed by atoms with E-state index in [4.69, 9.17) is 0 Å². The molecule has 0 saturated heterocycles. The van der Waals surface area contributed by atoms with Gasteiger partial charge in [0.2, 0.25) is 0 Å². The average molecular weight is 258 g/mol. The van der Waals surface area contributed by atoms with Gasteiger partial charge < -0.3 is 0 Å². The van der Waals surface area contributed by atoms with Gasteiger partial charge in [-0.05, 0) is 44.3 Å². The van der Waals surface area contributed by atoms with Crippen molar-refractivity contribution in [2.24, 2.45) is 0 Å². The molecule has 0 aromatic carbocycles. The fourth-order valence-corrected chi connectivity index (χ4v) is 1.73.